The smallest absolute Gasteiger partial charge is 0.328 e. The van der Waals surface area contributed by atoms with E-state index in [-0.39, 0.29) is 50.4 Å². The predicted molar refractivity (Wildman–Crippen MR) is 233 cm³/mol. The summed E-state index contributed by atoms with van der Waals surface area (Å²) in [7, 11) is 0. The van der Waals surface area contributed by atoms with Gasteiger partial charge in [0.1, 0.15) is 30.3 Å². The van der Waals surface area contributed by atoms with Gasteiger partial charge in [-0.1, -0.05) is 71.4 Å². The minimum Gasteiger partial charge on any atom is -0.481 e. The SMILES string of the molecule is CCC(C)C(C)(CCC(=O)O)NCC(=O)N[C@@H](CO)C(=O)NC[C@@H](NC(=O)[C@@H](N)CCN(C(=O)CO)[C@@H](c1cc(-c2cc(F)ccc2F)cn1Cc1ccccc1)C(C)(C)C)C(=O)O. The fraction of sp³-hybridized carbons (Fsp3) is 0.511. The molecule has 3 rings (SSSR count). The van der Waals surface area contributed by atoms with E-state index >= 15 is 4.39 Å². The lowest BCUT2D eigenvalue weighted by Gasteiger charge is -2.41. The van der Waals surface area contributed by atoms with Crippen molar-refractivity contribution in [3.05, 3.63) is 83.7 Å². The highest BCUT2D eigenvalue weighted by Gasteiger charge is 2.38. The standard InChI is InChI=1S/C45H63F2N7O10/c1-7-27(2)45(6,17-15-39(59)60)50-22-37(57)51-35(25-55)42(62)49-21-34(43(63)64)52-41(61)33(48)16-18-54(38(58)26-56)40(44(3,4)5)36-19-29(31-20-30(46)13-14-32(31)47)24-53(36)23-28-11-9-8-10-12-28/h8-14,19-20,24,27,33-35,40,50,55-56H,7,15-18,21-23,25-26,48H2,1-6H3,(H,49,62)(H,51,57)(H,52,61)(H,59,60)(H,63,64)/t27?,33-,34+,35-,40-,45?/m0/s1. The van der Waals surface area contributed by atoms with Gasteiger partial charge in [-0.2, -0.15) is 0 Å². The Morgan fingerprint density at radius 1 is 0.906 bits per heavy atom. The third-order valence-electron chi connectivity index (χ3n) is 11.4. The van der Waals surface area contributed by atoms with Crippen molar-refractivity contribution in [2.45, 2.75) is 103 Å². The van der Waals surface area contributed by atoms with Crippen molar-refractivity contribution in [1.82, 2.24) is 30.7 Å². The van der Waals surface area contributed by atoms with Crippen LogP contribution in [0.25, 0.3) is 11.1 Å². The van der Waals surface area contributed by atoms with Crippen LogP contribution in [0, 0.1) is 23.0 Å². The van der Waals surface area contributed by atoms with Gasteiger partial charge in [-0.15, -0.1) is 0 Å². The number of carbonyl (C=O) groups is 6. The minimum absolute atomic E-state index is 0.0103. The zero-order valence-corrected chi connectivity index (χ0v) is 37.2. The Hall–Kier alpha value is -5.76. The molecule has 6 atom stereocenters. The second kappa shape index (κ2) is 23.8. The highest BCUT2D eigenvalue weighted by molar-refractivity contribution is 5.90. The van der Waals surface area contributed by atoms with E-state index in [0.29, 0.717) is 17.7 Å². The number of aliphatic hydroxyl groups is 2. The molecule has 0 aliphatic heterocycles. The van der Waals surface area contributed by atoms with E-state index in [4.69, 9.17) is 5.73 Å². The summed E-state index contributed by atoms with van der Waals surface area (Å²) in [5.74, 6) is -7.22. The van der Waals surface area contributed by atoms with Crippen LogP contribution in [-0.4, -0.2) is 122 Å². The van der Waals surface area contributed by atoms with Gasteiger partial charge in [0.15, 0.2) is 0 Å². The molecule has 0 radical (unpaired) electrons. The molecular weight excluding hydrogens is 837 g/mol. The predicted octanol–water partition coefficient (Wildman–Crippen LogP) is 2.53. The van der Waals surface area contributed by atoms with Crippen molar-refractivity contribution >= 4 is 35.6 Å². The zero-order valence-electron chi connectivity index (χ0n) is 37.2. The summed E-state index contributed by atoms with van der Waals surface area (Å²) in [5, 5.41) is 49.1. The Labute approximate surface area is 371 Å². The Balaban J connectivity index is 1.76. The van der Waals surface area contributed by atoms with Gasteiger partial charge >= 0.3 is 11.9 Å². The Morgan fingerprint density at radius 2 is 1.58 bits per heavy atom. The first-order chi connectivity index (χ1) is 30.0. The lowest BCUT2D eigenvalue weighted by atomic mass is 9.81. The molecule has 2 unspecified atom stereocenters. The molecular formula is C45H63F2N7O10. The lowest BCUT2D eigenvalue weighted by Crippen LogP contribution is -2.57. The van der Waals surface area contributed by atoms with Gasteiger partial charge in [-0.3, -0.25) is 24.0 Å². The highest BCUT2D eigenvalue weighted by Crippen LogP contribution is 2.41. The van der Waals surface area contributed by atoms with Gasteiger partial charge in [0.05, 0.1) is 25.2 Å². The summed E-state index contributed by atoms with van der Waals surface area (Å²) < 4.78 is 31.3. The van der Waals surface area contributed by atoms with Gasteiger partial charge in [-0.25, -0.2) is 13.6 Å². The van der Waals surface area contributed by atoms with Gasteiger partial charge in [0.2, 0.25) is 23.6 Å². The number of halogens is 2. The van der Waals surface area contributed by atoms with Gasteiger partial charge in [0.25, 0.3) is 0 Å². The van der Waals surface area contributed by atoms with Crippen molar-refractivity contribution in [2.75, 3.05) is 32.8 Å². The van der Waals surface area contributed by atoms with E-state index in [1.165, 1.54) is 4.90 Å². The van der Waals surface area contributed by atoms with Gasteiger partial charge in [-0.05, 0) is 60.9 Å². The number of hydrogen-bond acceptors (Lipinski definition) is 10. The quantitative estimate of drug-likeness (QED) is 0.0594. The van der Waals surface area contributed by atoms with Crippen LogP contribution in [0.1, 0.15) is 84.5 Å². The fourth-order valence-corrected chi connectivity index (χ4v) is 7.36. The topological polar surface area (TPSA) is 266 Å². The van der Waals surface area contributed by atoms with Crippen molar-refractivity contribution in [3.8, 4) is 11.1 Å². The molecule has 3 aromatic rings. The number of aliphatic hydroxyl groups excluding tert-OH is 2. The number of aromatic nitrogens is 1. The third-order valence-corrected chi connectivity index (χ3v) is 11.4. The van der Waals surface area contributed by atoms with Crippen LogP contribution in [0.15, 0.2) is 60.8 Å². The van der Waals surface area contributed by atoms with E-state index in [9.17, 15) is 53.6 Å². The van der Waals surface area contributed by atoms with E-state index in [0.717, 1.165) is 23.8 Å². The number of carboxylic acid groups (broad SMARTS) is 2. The summed E-state index contributed by atoms with van der Waals surface area (Å²) in [5.41, 5.74) is 6.44. The van der Waals surface area contributed by atoms with Crippen LogP contribution < -0.4 is 27.0 Å². The third kappa shape index (κ3) is 14.9. The molecule has 4 amide bonds. The van der Waals surface area contributed by atoms with Crippen molar-refractivity contribution in [2.24, 2.45) is 17.1 Å². The van der Waals surface area contributed by atoms with E-state index in [1.54, 1.807) is 23.8 Å². The maximum absolute atomic E-state index is 15.1. The number of aliphatic carboxylic acids is 2. The number of amides is 4. The van der Waals surface area contributed by atoms with Gasteiger partial charge in [0, 0.05) is 54.6 Å². The molecule has 0 saturated carbocycles. The number of nitrogens with one attached hydrogen (secondary N) is 4. The lowest BCUT2D eigenvalue weighted by molar-refractivity contribution is -0.142. The van der Waals surface area contributed by atoms with Crippen molar-refractivity contribution in [3.63, 3.8) is 0 Å². The molecule has 0 fully saturated rings. The molecule has 1 aromatic heterocycles. The number of nitrogens with zero attached hydrogens (tertiary/aromatic N) is 2. The summed E-state index contributed by atoms with van der Waals surface area (Å²) in [6.45, 7) is 8.43. The molecule has 2 aromatic carbocycles. The summed E-state index contributed by atoms with van der Waals surface area (Å²) in [4.78, 5) is 77.4. The van der Waals surface area contributed by atoms with E-state index in [2.05, 4.69) is 21.3 Å². The van der Waals surface area contributed by atoms with E-state index < -0.39 is 102 Å². The summed E-state index contributed by atoms with van der Waals surface area (Å²) >= 11 is 0. The fourth-order valence-electron chi connectivity index (χ4n) is 7.36. The molecule has 0 aliphatic carbocycles. The molecule has 0 bridgehead atoms. The molecule has 0 saturated heterocycles. The van der Waals surface area contributed by atoms with Gasteiger partial charge < -0.3 is 56.9 Å². The summed E-state index contributed by atoms with van der Waals surface area (Å²) in [6.07, 6.45) is 2.19. The second-order valence-electron chi connectivity index (χ2n) is 17.2. The zero-order chi connectivity index (χ0) is 47.9. The Morgan fingerprint density at radius 3 is 2.16 bits per heavy atom. The molecule has 0 aliphatic rings. The number of nitrogens with two attached hydrogens (primary N) is 1. The summed E-state index contributed by atoms with van der Waals surface area (Å²) in [6, 6.07) is 8.55. The van der Waals surface area contributed by atoms with E-state index in [1.807, 2.05) is 65.0 Å². The molecule has 64 heavy (non-hydrogen) atoms. The van der Waals surface area contributed by atoms with Crippen molar-refractivity contribution in [1.29, 1.82) is 0 Å². The first kappa shape index (κ1) is 52.6. The van der Waals surface area contributed by atoms with Crippen LogP contribution in [0.4, 0.5) is 8.78 Å². The van der Waals surface area contributed by atoms with Crippen LogP contribution in [0.5, 0.6) is 0 Å². The number of benzene rings is 2. The molecule has 0 spiro atoms. The first-order valence-corrected chi connectivity index (χ1v) is 21.1. The maximum Gasteiger partial charge on any atom is 0.328 e. The normalized spacial score (nSPS) is 14.9. The molecule has 352 valence electrons. The number of carboxylic acids is 2. The Bertz CT molecular complexity index is 2080. The van der Waals surface area contributed by atoms with Crippen molar-refractivity contribution < 1.29 is 58.0 Å². The second-order valence-corrected chi connectivity index (χ2v) is 17.2. The number of carbonyl (C=O) groups excluding carboxylic acids is 4. The van der Waals surface area contributed by atoms with Crippen LogP contribution >= 0.6 is 0 Å². The number of hydrogen-bond donors (Lipinski definition) is 9. The largest absolute Gasteiger partial charge is 0.481 e. The van der Waals surface area contributed by atoms with Crippen LogP contribution in [0.2, 0.25) is 0 Å². The van der Waals surface area contributed by atoms with Crippen LogP contribution in [0.3, 0.4) is 0 Å². The highest BCUT2D eigenvalue weighted by atomic mass is 19.1. The average Bonchev–Trinajstić information content (AvgIpc) is 3.65. The monoisotopic (exact) mass is 899 g/mol. The molecule has 1 heterocycles. The first-order valence-electron chi connectivity index (χ1n) is 21.1. The number of rotatable bonds is 25. The molecule has 19 heteroatoms. The molecule has 10 N–H and O–H groups in total. The maximum atomic E-state index is 15.1. The Kier molecular flexibility index (Phi) is 19.5. The van der Waals surface area contributed by atoms with Crippen LogP contribution in [-0.2, 0) is 35.3 Å². The molecule has 17 nitrogen and oxygen atoms in total. The minimum atomic E-state index is -1.72. The average molecular weight is 900 g/mol.